The number of thiol groups is 1. The smallest absolute Gasteiger partial charge is 0.319 e. The molecular formula is C7H14O2S. The second kappa shape index (κ2) is 3.28. The molecule has 3 heteroatoms. The Hall–Kier alpha value is -0.180. The summed E-state index contributed by atoms with van der Waals surface area (Å²) in [7, 11) is 0. The lowest BCUT2D eigenvalue weighted by Crippen LogP contribution is -2.30. The van der Waals surface area contributed by atoms with Gasteiger partial charge in [0.15, 0.2) is 0 Å². The Kier molecular flexibility index (Phi) is 3.22. The molecule has 1 atom stereocenters. The maximum Gasteiger partial charge on any atom is 0.319 e. The van der Waals surface area contributed by atoms with E-state index in [0.717, 1.165) is 0 Å². The zero-order chi connectivity index (χ0) is 8.36. The molecule has 0 saturated heterocycles. The summed E-state index contributed by atoms with van der Waals surface area (Å²) >= 11 is 4.02. The van der Waals surface area contributed by atoms with E-state index in [-0.39, 0.29) is 0 Å². The first-order chi connectivity index (χ1) is 4.36. The fourth-order valence-electron chi connectivity index (χ4n) is 0.882. The van der Waals surface area contributed by atoms with Gasteiger partial charge in [-0.15, -0.1) is 0 Å². The highest BCUT2D eigenvalue weighted by molar-refractivity contribution is 7.82. The summed E-state index contributed by atoms with van der Waals surface area (Å²) in [6, 6.07) is 0. The van der Waals surface area contributed by atoms with Crippen molar-refractivity contribution in [3.05, 3.63) is 0 Å². The van der Waals surface area contributed by atoms with E-state index in [0.29, 0.717) is 12.3 Å². The van der Waals surface area contributed by atoms with Crippen LogP contribution in [-0.2, 0) is 4.79 Å². The van der Waals surface area contributed by atoms with Crippen molar-refractivity contribution >= 4 is 18.6 Å². The molecule has 0 aliphatic heterocycles. The predicted octanol–water partition coefficient (Wildman–Crippen LogP) is 1.81. The van der Waals surface area contributed by atoms with Crippen molar-refractivity contribution in [2.75, 3.05) is 0 Å². The van der Waals surface area contributed by atoms with Gasteiger partial charge in [0.25, 0.3) is 0 Å². The normalized spacial score (nSPS) is 16.9. The van der Waals surface area contributed by atoms with E-state index in [1.807, 2.05) is 13.8 Å². The molecule has 0 rings (SSSR count). The molecule has 2 nitrogen and oxygen atoms in total. The summed E-state index contributed by atoms with van der Waals surface area (Å²) in [5, 5.41) is 8.61. The second-order valence-electron chi connectivity index (χ2n) is 3.18. The largest absolute Gasteiger partial charge is 0.480 e. The standard InChI is InChI=1S/C7H14O2S/c1-5(2)4-7(3,10)6(8)9/h5,10H,4H2,1-3H3,(H,8,9)/t7-/m1/s1. The van der Waals surface area contributed by atoms with Crippen LogP contribution in [0.25, 0.3) is 0 Å². The maximum atomic E-state index is 10.5. The highest BCUT2D eigenvalue weighted by Crippen LogP contribution is 2.23. The van der Waals surface area contributed by atoms with Crippen molar-refractivity contribution in [1.82, 2.24) is 0 Å². The lowest BCUT2D eigenvalue weighted by Gasteiger charge is -2.19. The Balaban J connectivity index is 4.00. The van der Waals surface area contributed by atoms with Crippen LogP contribution in [-0.4, -0.2) is 15.8 Å². The molecule has 0 aliphatic rings. The van der Waals surface area contributed by atoms with Gasteiger partial charge in [-0.2, -0.15) is 12.6 Å². The number of carboxylic acids is 1. The minimum atomic E-state index is -0.867. The van der Waals surface area contributed by atoms with Crippen molar-refractivity contribution in [3.8, 4) is 0 Å². The van der Waals surface area contributed by atoms with E-state index in [9.17, 15) is 4.79 Å². The molecule has 0 fully saturated rings. The molecule has 0 aromatic carbocycles. The fraction of sp³-hybridized carbons (Fsp3) is 0.857. The van der Waals surface area contributed by atoms with Gasteiger partial charge in [-0.25, -0.2) is 0 Å². The molecule has 0 bridgehead atoms. The Morgan fingerprint density at radius 1 is 1.70 bits per heavy atom. The first-order valence-corrected chi connectivity index (χ1v) is 3.77. The Morgan fingerprint density at radius 2 is 2.10 bits per heavy atom. The molecule has 10 heavy (non-hydrogen) atoms. The van der Waals surface area contributed by atoms with Gasteiger partial charge in [0.2, 0.25) is 0 Å². The van der Waals surface area contributed by atoms with Gasteiger partial charge in [0.05, 0.1) is 0 Å². The van der Waals surface area contributed by atoms with Gasteiger partial charge in [0.1, 0.15) is 4.75 Å². The molecular weight excluding hydrogens is 148 g/mol. The van der Waals surface area contributed by atoms with Crippen LogP contribution in [0.1, 0.15) is 27.2 Å². The SMILES string of the molecule is CC(C)C[C@@](C)(S)C(=O)O. The highest BCUT2D eigenvalue weighted by atomic mass is 32.1. The Morgan fingerprint density at radius 3 is 2.20 bits per heavy atom. The van der Waals surface area contributed by atoms with E-state index >= 15 is 0 Å². The lowest BCUT2D eigenvalue weighted by atomic mass is 9.98. The number of carboxylic acid groups (broad SMARTS) is 1. The molecule has 0 aromatic heterocycles. The number of aliphatic carboxylic acids is 1. The van der Waals surface area contributed by atoms with Crippen molar-refractivity contribution in [1.29, 1.82) is 0 Å². The zero-order valence-corrected chi connectivity index (χ0v) is 7.48. The molecule has 1 N–H and O–H groups in total. The second-order valence-corrected chi connectivity index (χ2v) is 4.16. The van der Waals surface area contributed by atoms with Gasteiger partial charge in [-0.05, 0) is 19.3 Å². The van der Waals surface area contributed by atoms with Crippen LogP contribution >= 0.6 is 12.6 Å². The minimum Gasteiger partial charge on any atom is -0.480 e. The summed E-state index contributed by atoms with van der Waals surface area (Å²) in [6.45, 7) is 5.59. The van der Waals surface area contributed by atoms with Gasteiger partial charge in [-0.3, -0.25) is 4.79 Å². The summed E-state index contributed by atoms with van der Waals surface area (Å²) in [6.07, 6.45) is 0.603. The van der Waals surface area contributed by atoms with Crippen LogP contribution in [0.4, 0.5) is 0 Å². The first-order valence-electron chi connectivity index (χ1n) is 3.32. The molecule has 0 heterocycles. The monoisotopic (exact) mass is 162 g/mol. The van der Waals surface area contributed by atoms with Crippen LogP contribution in [0.2, 0.25) is 0 Å². The summed E-state index contributed by atoms with van der Waals surface area (Å²) in [4.78, 5) is 10.5. The van der Waals surface area contributed by atoms with Crippen molar-refractivity contribution in [2.45, 2.75) is 31.9 Å². The van der Waals surface area contributed by atoms with Crippen molar-refractivity contribution < 1.29 is 9.90 Å². The molecule has 0 aromatic rings. The van der Waals surface area contributed by atoms with Crippen molar-refractivity contribution in [3.63, 3.8) is 0 Å². The third kappa shape index (κ3) is 3.11. The third-order valence-corrected chi connectivity index (χ3v) is 1.64. The topological polar surface area (TPSA) is 37.3 Å². The number of carbonyl (C=O) groups is 1. The highest BCUT2D eigenvalue weighted by Gasteiger charge is 2.28. The minimum absolute atomic E-state index is 0.374. The average Bonchev–Trinajstić information content (AvgIpc) is 1.60. The van der Waals surface area contributed by atoms with Crippen LogP contribution in [0.5, 0.6) is 0 Å². The van der Waals surface area contributed by atoms with Gasteiger partial charge >= 0.3 is 5.97 Å². The van der Waals surface area contributed by atoms with Gasteiger partial charge < -0.3 is 5.11 Å². The first kappa shape index (κ1) is 9.82. The van der Waals surface area contributed by atoms with E-state index in [1.165, 1.54) is 0 Å². The van der Waals surface area contributed by atoms with E-state index in [4.69, 9.17) is 5.11 Å². The molecule has 0 saturated carbocycles. The van der Waals surface area contributed by atoms with Gasteiger partial charge in [-0.1, -0.05) is 13.8 Å². The number of hydrogen-bond acceptors (Lipinski definition) is 2. The lowest BCUT2D eigenvalue weighted by molar-refractivity contribution is -0.139. The Bertz CT molecular complexity index is 130. The molecule has 0 amide bonds. The van der Waals surface area contributed by atoms with Crippen molar-refractivity contribution in [2.24, 2.45) is 5.92 Å². The quantitative estimate of drug-likeness (QED) is 0.621. The average molecular weight is 162 g/mol. The third-order valence-electron chi connectivity index (χ3n) is 1.27. The molecule has 60 valence electrons. The Labute approximate surface area is 67.0 Å². The summed E-state index contributed by atoms with van der Waals surface area (Å²) < 4.78 is -0.867. The number of hydrogen-bond donors (Lipinski definition) is 2. The zero-order valence-electron chi connectivity index (χ0n) is 6.59. The molecule has 0 radical (unpaired) electrons. The van der Waals surface area contributed by atoms with E-state index in [1.54, 1.807) is 6.92 Å². The summed E-state index contributed by atoms with van der Waals surface area (Å²) in [5.41, 5.74) is 0. The maximum absolute atomic E-state index is 10.5. The van der Waals surface area contributed by atoms with Gasteiger partial charge in [0, 0.05) is 0 Å². The van der Waals surface area contributed by atoms with E-state index < -0.39 is 10.7 Å². The van der Waals surface area contributed by atoms with E-state index in [2.05, 4.69) is 12.6 Å². The fourth-order valence-corrected chi connectivity index (χ4v) is 1.25. The predicted molar refractivity (Wildman–Crippen MR) is 44.5 cm³/mol. The molecule has 0 spiro atoms. The number of rotatable bonds is 3. The van der Waals surface area contributed by atoms with Crippen LogP contribution in [0.15, 0.2) is 0 Å². The van der Waals surface area contributed by atoms with Crippen LogP contribution < -0.4 is 0 Å². The molecule has 0 aliphatic carbocycles. The summed E-state index contributed by atoms with van der Waals surface area (Å²) in [5.74, 6) is -0.469. The molecule has 0 unspecified atom stereocenters. The van der Waals surface area contributed by atoms with Crippen LogP contribution in [0, 0.1) is 5.92 Å². The van der Waals surface area contributed by atoms with Crippen LogP contribution in [0.3, 0.4) is 0 Å².